The molecule has 0 aliphatic heterocycles. The molecule has 2 amide bonds. The van der Waals surface area contributed by atoms with E-state index in [9.17, 15) is 19.5 Å². The summed E-state index contributed by atoms with van der Waals surface area (Å²) in [6, 6.07) is 16.6. The Balaban J connectivity index is 1.56. The molecular weight excluding hydrogens is 597 g/mol. The van der Waals surface area contributed by atoms with Crippen LogP contribution in [0.3, 0.4) is 0 Å². The molecule has 194 valence electrons. The lowest BCUT2D eigenvalue weighted by Crippen LogP contribution is -2.22. The fourth-order valence-electron chi connectivity index (χ4n) is 3.89. The summed E-state index contributed by atoms with van der Waals surface area (Å²) in [5, 5.41) is 15.9. The second-order valence-corrected chi connectivity index (χ2v) is 9.86. The summed E-state index contributed by atoms with van der Waals surface area (Å²) < 4.78 is 2.53. The van der Waals surface area contributed by atoms with Gasteiger partial charge >= 0.3 is 0 Å². The number of benzene rings is 2. The Kier molecular flexibility index (Phi) is 8.54. The first-order chi connectivity index (χ1) is 18.3. The first kappa shape index (κ1) is 27.0. The van der Waals surface area contributed by atoms with E-state index in [0.29, 0.717) is 47.6 Å². The monoisotopic (exact) mass is 623 g/mol. The van der Waals surface area contributed by atoms with Gasteiger partial charge < -0.3 is 26.0 Å². The summed E-state index contributed by atoms with van der Waals surface area (Å²) in [7, 11) is 0. The van der Waals surface area contributed by atoms with Crippen molar-refractivity contribution >= 4 is 45.9 Å². The van der Waals surface area contributed by atoms with Gasteiger partial charge in [-0.05, 0) is 102 Å². The topological polar surface area (TPSA) is 139 Å². The van der Waals surface area contributed by atoms with Gasteiger partial charge in [0.1, 0.15) is 11.6 Å². The number of aryl methyl sites for hydroxylation is 2. The van der Waals surface area contributed by atoms with E-state index in [1.54, 1.807) is 78.5 Å². The van der Waals surface area contributed by atoms with Gasteiger partial charge in [0.15, 0.2) is 0 Å². The van der Waals surface area contributed by atoms with Crippen molar-refractivity contribution in [1.29, 1.82) is 0 Å². The molecule has 9 nitrogen and oxygen atoms in total. The first-order valence-electron chi connectivity index (χ1n) is 11.8. The standard InChI is InChI=1S/C28H26IN5O4/c1-17-14-22(27(37)32-24-10-9-20(29)16-31-24)25(23(35)15-17)33-26(36)19-7-5-18(6-8-19)21-4-2-12-34(28(21)38)13-3-11-30/h2,4-10,12,14-16,35H,3,11,13,30H2,1H3,(H,33,36)(H,31,32,37). The van der Waals surface area contributed by atoms with E-state index in [-0.39, 0.29) is 22.6 Å². The molecule has 0 spiro atoms. The second-order valence-electron chi connectivity index (χ2n) is 8.62. The van der Waals surface area contributed by atoms with Crippen LogP contribution < -0.4 is 21.9 Å². The zero-order valence-corrected chi connectivity index (χ0v) is 22.7. The number of carbonyl (C=O) groups is 2. The van der Waals surface area contributed by atoms with Gasteiger partial charge in [0, 0.05) is 33.6 Å². The number of nitrogens with two attached hydrogens (primary N) is 1. The van der Waals surface area contributed by atoms with Crippen LogP contribution in [0.4, 0.5) is 11.5 Å². The lowest BCUT2D eigenvalue weighted by molar-refractivity contribution is 0.102. The number of nitrogens with zero attached hydrogens (tertiary/aromatic N) is 2. The number of nitrogens with one attached hydrogen (secondary N) is 2. The number of aromatic nitrogens is 2. The molecule has 0 aliphatic carbocycles. The maximum absolute atomic E-state index is 13.1. The predicted octanol–water partition coefficient (Wildman–Crippen LogP) is 4.38. The van der Waals surface area contributed by atoms with E-state index in [1.165, 1.54) is 6.07 Å². The summed E-state index contributed by atoms with van der Waals surface area (Å²) in [4.78, 5) is 43.1. The number of hydrogen-bond acceptors (Lipinski definition) is 6. The minimum absolute atomic E-state index is 0.0152. The molecule has 38 heavy (non-hydrogen) atoms. The SMILES string of the molecule is Cc1cc(O)c(NC(=O)c2ccc(-c3cccn(CCCN)c3=O)cc2)c(C(=O)Nc2ccc(I)cn2)c1. The lowest BCUT2D eigenvalue weighted by atomic mass is 10.0. The number of carbonyl (C=O) groups excluding carboxylic acids is 2. The largest absolute Gasteiger partial charge is 0.506 e. The van der Waals surface area contributed by atoms with Gasteiger partial charge in [-0.1, -0.05) is 12.1 Å². The summed E-state index contributed by atoms with van der Waals surface area (Å²) in [6.45, 7) is 2.75. The summed E-state index contributed by atoms with van der Waals surface area (Å²) in [6.07, 6.45) is 4.02. The third-order valence-electron chi connectivity index (χ3n) is 5.80. The van der Waals surface area contributed by atoms with E-state index in [0.717, 1.165) is 3.57 Å². The fraction of sp³-hybridized carbons (Fsp3) is 0.143. The fourth-order valence-corrected chi connectivity index (χ4v) is 4.21. The van der Waals surface area contributed by atoms with E-state index in [4.69, 9.17) is 5.73 Å². The molecular formula is C28H26IN5O4. The van der Waals surface area contributed by atoms with Crippen molar-refractivity contribution in [2.45, 2.75) is 19.9 Å². The third kappa shape index (κ3) is 6.26. The minimum Gasteiger partial charge on any atom is -0.506 e. The van der Waals surface area contributed by atoms with Gasteiger partial charge in [-0.25, -0.2) is 4.98 Å². The van der Waals surface area contributed by atoms with Crippen LogP contribution in [0.2, 0.25) is 0 Å². The highest BCUT2D eigenvalue weighted by Crippen LogP contribution is 2.30. The summed E-state index contributed by atoms with van der Waals surface area (Å²) in [5.41, 5.74) is 7.61. The third-order valence-corrected chi connectivity index (χ3v) is 6.43. The molecule has 0 saturated heterocycles. The van der Waals surface area contributed by atoms with Gasteiger partial charge in [0.05, 0.1) is 11.3 Å². The van der Waals surface area contributed by atoms with Gasteiger partial charge in [-0.15, -0.1) is 0 Å². The Labute approximate surface area is 232 Å². The molecule has 0 unspecified atom stereocenters. The molecule has 0 radical (unpaired) electrons. The van der Waals surface area contributed by atoms with Crippen LogP contribution in [0.1, 0.15) is 32.7 Å². The molecule has 0 saturated carbocycles. The van der Waals surface area contributed by atoms with Crippen molar-refractivity contribution in [3.05, 3.63) is 104 Å². The molecule has 2 aromatic carbocycles. The number of halogens is 1. The molecule has 4 aromatic rings. The van der Waals surface area contributed by atoms with Crippen LogP contribution in [0.15, 0.2) is 77.9 Å². The number of phenols is 1. The maximum atomic E-state index is 13.1. The molecule has 2 aromatic heterocycles. The second kappa shape index (κ2) is 12.0. The average molecular weight is 623 g/mol. The smallest absolute Gasteiger partial charge is 0.259 e. The molecule has 0 aliphatic rings. The van der Waals surface area contributed by atoms with Crippen LogP contribution in [-0.4, -0.2) is 33.0 Å². The van der Waals surface area contributed by atoms with Crippen molar-refractivity contribution in [3.8, 4) is 16.9 Å². The zero-order chi connectivity index (χ0) is 27.2. The number of phenolic OH excluding ortho intramolecular Hbond substituents is 1. The van der Waals surface area contributed by atoms with Crippen molar-refractivity contribution in [2.24, 2.45) is 5.73 Å². The van der Waals surface area contributed by atoms with E-state index >= 15 is 0 Å². The van der Waals surface area contributed by atoms with Gasteiger partial charge in [0.25, 0.3) is 17.4 Å². The molecule has 4 rings (SSSR count). The van der Waals surface area contributed by atoms with Crippen LogP contribution in [0.25, 0.3) is 11.1 Å². The zero-order valence-electron chi connectivity index (χ0n) is 20.6. The van der Waals surface area contributed by atoms with Crippen molar-refractivity contribution < 1.29 is 14.7 Å². The number of anilines is 2. The molecule has 0 bridgehead atoms. The molecule has 5 N–H and O–H groups in total. The molecule has 10 heteroatoms. The van der Waals surface area contributed by atoms with Crippen LogP contribution in [0, 0.1) is 10.5 Å². The Morgan fingerprint density at radius 2 is 1.82 bits per heavy atom. The van der Waals surface area contributed by atoms with Gasteiger partial charge in [-0.3, -0.25) is 14.4 Å². The highest BCUT2D eigenvalue weighted by Gasteiger charge is 2.20. The van der Waals surface area contributed by atoms with Crippen LogP contribution in [-0.2, 0) is 6.54 Å². The number of hydrogen-bond donors (Lipinski definition) is 4. The van der Waals surface area contributed by atoms with Crippen molar-refractivity contribution in [2.75, 3.05) is 17.2 Å². The quantitative estimate of drug-likeness (QED) is 0.170. The van der Waals surface area contributed by atoms with Crippen LogP contribution in [0.5, 0.6) is 5.75 Å². The molecule has 0 fully saturated rings. The van der Waals surface area contributed by atoms with Crippen molar-refractivity contribution in [3.63, 3.8) is 0 Å². The number of pyridine rings is 2. The first-order valence-corrected chi connectivity index (χ1v) is 12.9. The lowest BCUT2D eigenvalue weighted by Gasteiger charge is -2.14. The van der Waals surface area contributed by atoms with E-state index in [2.05, 4.69) is 38.2 Å². The Morgan fingerprint density at radius 3 is 2.50 bits per heavy atom. The Morgan fingerprint density at radius 1 is 1.05 bits per heavy atom. The molecule has 0 atom stereocenters. The minimum atomic E-state index is -0.529. The normalized spacial score (nSPS) is 10.7. The summed E-state index contributed by atoms with van der Waals surface area (Å²) >= 11 is 2.11. The number of amides is 2. The maximum Gasteiger partial charge on any atom is 0.259 e. The number of rotatable bonds is 8. The average Bonchev–Trinajstić information content (AvgIpc) is 2.90. The van der Waals surface area contributed by atoms with Crippen molar-refractivity contribution in [1.82, 2.24) is 9.55 Å². The Bertz CT molecular complexity index is 1530. The predicted molar refractivity (Wildman–Crippen MR) is 156 cm³/mol. The molecule has 2 heterocycles. The van der Waals surface area contributed by atoms with Crippen LogP contribution >= 0.6 is 22.6 Å². The highest BCUT2D eigenvalue weighted by atomic mass is 127. The van der Waals surface area contributed by atoms with E-state index < -0.39 is 11.8 Å². The Hall–Kier alpha value is -4.03. The number of aromatic hydroxyl groups is 1. The highest BCUT2D eigenvalue weighted by molar-refractivity contribution is 14.1. The van der Waals surface area contributed by atoms with E-state index in [1.807, 2.05) is 0 Å². The summed E-state index contributed by atoms with van der Waals surface area (Å²) in [5.74, 6) is -0.950. The van der Waals surface area contributed by atoms with Gasteiger partial charge in [0.2, 0.25) is 0 Å². The van der Waals surface area contributed by atoms with Gasteiger partial charge in [-0.2, -0.15) is 0 Å².